The molecule has 2 heterocycles. The highest BCUT2D eigenvalue weighted by molar-refractivity contribution is 5.83. The molecule has 0 bridgehead atoms. The summed E-state index contributed by atoms with van der Waals surface area (Å²) in [7, 11) is 0. The van der Waals surface area contributed by atoms with E-state index in [1.165, 1.54) is 38.6 Å². The molecule has 0 radical (unpaired) electrons. The molecule has 0 aromatic heterocycles. The van der Waals surface area contributed by atoms with E-state index >= 15 is 0 Å². The van der Waals surface area contributed by atoms with Crippen molar-refractivity contribution in [1.29, 1.82) is 0 Å². The number of likely N-dealkylation sites (tertiary alicyclic amines) is 1. The number of piperidine rings is 1. The first-order valence-corrected chi connectivity index (χ1v) is 8.16. The lowest BCUT2D eigenvalue weighted by Gasteiger charge is -2.39. The van der Waals surface area contributed by atoms with Crippen molar-refractivity contribution < 1.29 is 9.53 Å². The zero-order valence-electron chi connectivity index (χ0n) is 12.1. The largest absolute Gasteiger partial charge is 0.374 e. The van der Waals surface area contributed by atoms with Crippen LogP contribution in [0.3, 0.4) is 0 Å². The summed E-state index contributed by atoms with van der Waals surface area (Å²) in [6.45, 7) is 4.40. The molecule has 0 N–H and O–H groups in total. The summed E-state index contributed by atoms with van der Waals surface area (Å²) in [6.07, 6.45) is 10.1. The fourth-order valence-electron chi connectivity index (χ4n) is 4.23. The minimum Gasteiger partial charge on any atom is -0.374 e. The topological polar surface area (TPSA) is 29.5 Å². The maximum absolute atomic E-state index is 12.1. The third kappa shape index (κ3) is 3.03. The lowest BCUT2D eigenvalue weighted by Crippen LogP contribution is -2.48. The van der Waals surface area contributed by atoms with Gasteiger partial charge in [-0.15, -0.1) is 0 Å². The van der Waals surface area contributed by atoms with Gasteiger partial charge in [0.25, 0.3) is 0 Å². The highest BCUT2D eigenvalue weighted by atomic mass is 16.5. The van der Waals surface area contributed by atoms with E-state index < -0.39 is 0 Å². The number of rotatable bonds is 3. The maximum atomic E-state index is 12.1. The summed E-state index contributed by atoms with van der Waals surface area (Å²) in [5.74, 6) is 0.858. The number of hydrogen-bond acceptors (Lipinski definition) is 3. The molecule has 3 rings (SSSR count). The van der Waals surface area contributed by atoms with Crippen LogP contribution >= 0.6 is 0 Å². The molecule has 108 valence electrons. The zero-order chi connectivity index (χ0) is 13.2. The Labute approximate surface area is 116 Å². The first-order valence-electron chi connectivity index (χ1n) is 8.16. The van der Waals surface area contributed by atoms with Crippen LogP contribution < -0.4 is 0 Å². The van der Waals surface area contributed by atoms with Crippen LogP contribution in [-0.4, -0.2) is 42.0 Å². The number of carbonyl (C=O) groups excluding carboxylic acids is 1. The zero-order valence-corrected chi connectivity index (χ0v) is 12.1. The summed E-state index contributed by atoms with van der Waals surface area (Å²) in [5.41, 5.74) is 0. The third-order valence-corrected chi connectivity index (χ3v) is 5.24. The summed E-state index contributed by atoms with van der Waals surface area (Å²) in [4.78, 5) is 14.6. The summed E-state index contributed by atoms with van der Waals surface area (Å²) in [5, 5.41) is 0. The van der Waals surface area contributed by atoms with Crippen LogP contribution in [0.5, 0.6) is 0 Å². The lowest BCUT2D eigenvalue weighted by molar-refractivity contribution is -0.123. The molecule has 4 atom stereocenters. The van der Waals surface area contributed by atoms with Gasteiger partial charge in [-0.2, -0.15) is 0 Å². The Morgan fingerprint density at radius 3 is 2.74 bits per heavy atom. The second-order valence-corrected chi connectivity index (χ2v) is 6.67. The predicted octanol–water partition coefficient (Wildman–Crippen LogP) is 2.78. The lowest BCUT2D eigenvalue weighted by atomic mass is 9.88. The van der Waals surface area contributed by atoms with Gasteiger partial charge in [-0.1, -0.05) is 6.42 Å². The van der Waals surface area contributed by atoms with Crippen LogP contribution in [-0.2, 0) is 9.53 Å². The van der Waals surface area contributed by atoms with E-state index in [0.29, 0.717) is 30.0 Å². The molecule has 3 aliphatic rings. The number of ketones is 1. The number of ether oxygens (including phenoxy) is 1. The Bertz CT molecular complexity index is 331. The molecule has 0 aromatic rings. The van der Waals surface area contributed by atoms with Crippen molar-refractivity contribution in [3.63, 3.8) is 0 Å². The van der Waals surface area contributed by atoms with Crippen molar-refractivity contribution in [3.05, 3.63) is 0 Å². The monoisotopic (exact) mass is 265 g/mol. The van der Waals surface area contributed by atoms with Gasteiger partial charge in [0, 0.05) is 24.9 Å². The van der Waals surface area contributed by atoms with Gasteiger partial charge in [0.05, 0.1) is 12.2 Å². The normalized spacial score (nSPS) is 41.0. The maximum Gasteiger partial charge on any atom is 0.137 e. The molecule has 0 aromatic carbocycles. The highest BCUT2D eigenvalue weighted by Crippen LogP contribution is 2.33. The Hall–Kier alpha value is -0.410. The fourth-order valence-corrected chi connectivity index (χ4v) is 4.23. The van der Waals surface area contributed by atoms with Gasteiger partial charge in [-0.25, -0.2) is 0 Å². The molecule has 19 heavy (non-hydrogen) atoms. The van der Waals surface area contributed by atoms with Crippen molar-refractivity contribution in [3.8, 4) is 0 Å². The van der Waals surface area contributed by atoms with Gasteiger partial charge in [0.15, 0.2) is 0 Å². The summed E-state index contributed by atoms with van der Waals surface area (Å²) in [6, 6.07) is 0.517. The Balaban J connectivity index is 1.62. The van der Waals surface area contributed by atoms with Crippen LogP contribution in [0.15, 0.2) is 0 Å². The fraction of sp³-hybridized carbons (Fsp3) is 0.938. The molecule has 2 aliphatic heterocycles. The average molecular weight is 265 g/mol. The number of carbonyl (C=O) groups is 1. The number of Topliss-reactive ketones (excluding diaryl/α,β-unsaturated/α-hetero) is 1. The standard InChI is InChI=1S/C16H27NO2/c1-12-8-9-13(19-12)11-17-10-3-2-6-15(17)14-5-4-7-16(14)18/h12-15H,2-11H2,1H3. The van der Waals surface area contributed by atoms with Gasteiger partial charge >= 0.3 is 0 Å². The molecule has 1 aliphatic carbocycles. The van der Waals surface area contributed by atoms with Crippen molar-refractivity contribution in [2.45, 2.75) is 76.5 Å². The first kappa shape index (κ1) is 13.6. The molecule has 4 unspecified atom stereocenters. The second kappa shape index (κ2) is 5.92. The van der Waals surface area contributed by atoms with Crippen LogP contribution in [0.1, 0.15) is 58.3 Å². The van der Waals surface area contributed by atoms with Crippen molar-refractivity contribution in [2.24, 2.45) is 5.92 Å². The molecule has 0 spiro atoms. The first-order chi connectivity index (χ1) is 9.24. The van der Waals surface area contributed by atoms with E-state index in [2.05, 4.69) is 11.8 Å². The van der Waals surface area contributed by atoms with Gasteiger partial charge < -0.3 is 4.74 Å². The van der Waals surface area contributed by atoms with E-state index in [0.717, 1.165) is 25.8 Å². The van der Waals surface area contributed by atoms with E-state index in [-0.39, 0.29) is 0 Å². The van der Waals surface area contributed by atoms with E-state index in [4.69, 9.17) is 4.74 Å². The predicted molar refractivity (Wildman–Crippen MR) is 75.1 cm³/mol. The molecular weight excluding hydrogens is 238 g/mol. The quantitative estimate of drug-likeness (QED) is 0.786. The van der Waals surface area contributed by atoms with Gasteiger partial charge in [0.1, 0.15) is 5.78 Å². The van der Waals surface area contributed by atoms with Crippen LogP contribution in [0.25, 0.3) is 0 Å². The van der Waals surface area contributed by atoms with Crippen molar-refractivity contribution in [1.82, 2.24) is 4.90 Å². The van der Waals surface area contributed by atoms with Crippen LogP contribution in [0.4, 0.5) is 0 Å². The summed E-state index contributed by atoms with van der Waals surface area (Å²) >= 11 is 0. The van der Waals surface area contributed by atoms with E-state index in [9.17, 15) is 4.79 Å². The highest BCUT2D eigenvalue weighted by Gasteiger charge is 2.38. The molecule has 3 fully saturated rings. The SMILES string of the molecule is CC1CCC(CN2CCCCC2C2CCCC2=O)O1. The Kier molecular flexibility index (Phi) is 4.23. The molecule has 3 nitrogen and oxygen atoms in total. The number of nitrogens with zero attached hydrogens (tertiary/aromatic N) is 1. The summed E-state index contributed by atoms with van der Waals surface area (Å²) < 4.78 is 5.98. The van der Waals surface area contributed by atoms with Gasteiger partial charge in [0.2, 0.25) is 0 Å². The Morgan fingerprint density at radius 1 is 1.16 bits per heavy atom. The Morgan fingerprint density at radius 2 is 2.05 bits per heavy atom. The van der Waals surface area contributed by atoms with Crippen LogP contribution in [0, 0.1) is 5.92 Å². The van der Waals surface area contributed by atoms with Gasteiger partial charge in [-0.3, -0.25) is 9.69 Å². The molecular formula is C16H27NO2. The molecule has 0 amide bonds. The van der Waals surface area contributed by atoms with Crippen molar-refractivity contribution >= 4 is 5.78 Å². The minimum absolute atomic E-state index is 0.333. The number of hydrogen-bond donors (Lipinski definition) is 0. The molecule has 3 heteroatoms. The van der Waals surface area contributed by atoms with Crippen molar-refractivity contribution in [2.75, 3.05) is 13.1 Å². The van der Waals surface area contributed by atoms with Crippen LogP contribution in [0.2, 0.25) is 0 Å². The third-order valence-electron chi connectivity index (χ3n) is 5.24. The minimum atomic E-state index is 0.333. The second-order valence-electron chi connectivity index (χ2n) is 6.67. The molecule has 1 saturated carbocycles. The van der Waals surface area contributed by atoms with E-state index in [1.54, 1.807) is 0 Å². The van der Waals surface area contributed by atoms with Gasteiger partial charge in [-0.05, 0) is 52.0 Å². The average Bonchev–Trinajstić information content (AvgIpc) is 2.99. The molecule has 2 saturated heterocycles. The van der Waals surface area contributed by atoms with E-state index in [1.807, 2.05) is 0 Å². The smallest absolute Gasteiger partial charge is 0.137 e.